The topological polar surface area (TPSA) is 17.8 Å². The summed E-state index contributed by atoms with van der Waals surface area (Å²) in [7, 11) is 0. The summed E-state index contributed by atoms with van der Waals surface area (Å²) >= 11 is 9.91. The summed E-state index contributed by atoms with van der Waals surface area (Å²) in [6.45, 7) is 4.30. The minimum atomic E-state index is -0.199. The largest absolute Gasteiger partial charge is 0.324 e. The van der Waals surface area contributed by atoms with Crippen molar-refractivity contribution in [2.75, 3.05) is 11.5 Å². The molecule has 110 valence electrons. The van der Waals surface area contributed by atoms with Gasteiger partial charge in [0.05, 0.1) is 20.5 Å². The molecule has 0 spiro atoms. The van der Waals surface area contributed by atoms with Gasteiger partial charge >= 0.3 is 0 Å². The molecule has 20 heavy (non-hydrogen) atoms. The number of rotatable bonds is 6. The van der Waals surface area contributed by atoms with Crippen molar-refractivity contribution >= 4 is 57.0 Å². The molecule has 1 aromatic heterocycles. The van der Waals surface area contributed by atoms with Crippen LogP contribution in [0.15, 0.2) is 12.1 Å². The minimum absolute atomic E-state index is 0.199. The highest BCUT2D eigenvalue weighted by Gasteiger charge is 2.17. The third kappa shape index (κ3) is 3.42. The molecule has 2 aromatic rings. The van der Waals surface area contributed by atoms with Gasteiger partial charge in [-0.15, -0.1) is 11.6 Å². The van der Waals surface area contributed by atoms with E-state index in [2.05, 4.69) is 23.4 Å². The molecule has 2 nitrogen and oxygen atoms in total. The van der Waals surface area contributed by atoms with Gasteiger partial charge in [0.2, 0.25) is 0 Å². The number of halogens is 3. The number of fused-ring (bicyclic) bond motifs is 1. The first-order valence-corrected chi connectivity index (χ1v) is 9.34. The van der Waals surface area contributed by atoms with Crippen molar-refractivity contribution in [3.05, 3.63) is 27.3 Å². The summed E-state index contributed by atoms with van der Waals surface area (Å²) in [5.41, 5.74) is 1.66. The molecule has 0 N–H and O–H groups in total. The van der Waals surface area contributed by atoms with Gasteiger partial charge in [0.25, 0.3) is 0 Å². The zero-order valence-electron chi connectivity index (χ0n) is 11.5. The number of benzene rings is 1. The Morgan fingerprint density at radius 2 is 2.25 bits per heavy atom. The number of aromatic nitrogens is 2. The van der Waals surface area contributed by atoms with Gasteiger partial charge < -0.3 is 4.57 Å². The minimum Gasteiger partial charge on any atom is -0.324 e. The second-order valence-electron chi connectivity index (χ2n) is 4.62. The van der Waals surface area contributed by atoms with Crippen LogP contribution in [0.5, 0.6) is 0 Å². The van der Waals surface area contributed by atoms with Crippen molar-refractivity contribution in [3.8, 4) is 0 Å². The average Bonchev–Trinajstić information content (AvgIpc) is 2.77. The molecule has 0 fully saturated rings. The van der Waals surface area contributed by atoms with Crippen LogP contribution < -0.4 is 0 Å². The normalized spacial score (nSPS) is 13.1. The standard InChI is InChI=1S/C14H17ClFIN2S/c1-3-20-5-4-9(2)19-13-6-10(16)11(17)7-12(13)18-14(19)8-15/h6-7,9H,3-5,8H2,1-2H3. The van der Waals surface area contributed by atoms with Crippen LogP contribution >= 0.6 is 46.0 Å². The Balaban J connectivity index is 2.41. The van der Waals surface area contributed by atoms with E-state index in [1.54, 1.807) is 12.1 Å². The second kappa shape index (κ2) is 7.31. The molecule has 0 aliphatic rings. The van der Waals surface area contributed by atoms with E-state index in [-0.39, 0.29) is 11.9 Å². The average molecular weight is 427 g/mol. The molecule has 0 aliphatic carbocycles. The van der Waals surface area contributed by atoms with Gasteiger partial charge in [-0.05, 0) is 53.5 Å². The smallest absolute Gasteiger partial charge is 0.138 e. The molecule has 0 saturated heterocycles. The van der Waals surface area contributed by atoms with Crippen molar-refractivity contribution in [3.63, 3.8) is 0 Å². The maximum atomic E-state index is 13.8. The van der Waals surface area contributed by atoms with E-state index < -0.39 is 0 Å². The van der Waals surface area contributed by atoms with Gasteiger partial charge in [0, 0.05) is 12.1 Å². The van der Waals surface area contributed by atoms with E-state index >= 15 is 0 Å². The third-order valence-electron chi connectivity index (χ3n) is 3.25. The van der Waals surface area contributed by atoms with Crippen molar-refractivity contribution in [2.24, 2.45) is 0 Å². The zero-order valence-corrected chi connectivity index (χ0v) is 15.2. The fourth-order valence-electron chi connectivity index (χ4n) is 2.25. The Kier molecular flexibility index (Phi) is 5.98. The van der Waals surface area contributed by atoms with E-state index in [9.17, 15) is 4.39 Å². The number of thioether (sulfide) groups is 1. The Hall–Kier alpha value is -0.0100. The quantitative estimate of drug-likeness (QED) is 0.358. The van der Waals surface area contributed by atoms with Crippen LogP contribution in [-0.4, -0.2) is 21.1 Å². The molecule has 6 heteroatoms. The SMILES string of the molecule is CCSCCC(C)n1c(CCl)nc2cc(I)c(F)cc21. The van der Waals surface area contributed by atoms with Gasteiger partial charge in [-0.3, -0.25) is 0 Å². The van der Waals surface area contributed by atoms with E-state index in [1.165, 1.54) is 0 Å². The lowest BCUT2D eigenvalue weighted by Gasteiger charge is -2.16. The lowest BCUT2D eigenvalue weighted by atomic mass is 10.2. The number of alkyl halides is 1. The van der Waals surface area contributed by atoms with Gasteiger partial charge in [-0.25, -0.2) is 9.37 Å². The molecular formula is C14H17ClFIN2S. The zero-order chi connectivity index (χ0) is 14.7. The highest BCUT2D eigenvalue weighted by Crippen LogP contribution is 2.27. The highest BCUT2D eigenvalue weighted by atomic mass is 127. The van der Waals surface area contributed by atoms with E-state index in [0.29, 0.717) is 9.45 Å². The number of nitrogens with zero attached hydrogens (tertiary/aromatic N) is 2. The van der Waals surface area contributed by atoms with Crippen molar-refractivity contribution < 1.29 is 4.39 Å². The Labute approximate surface area is 141 Å². The lowest BCUT2D eigenvalue weighted by molar-refractivity contribution is 0.532. The summed E-state index contributed by atoms with van der Waals surface area (Å²) in [4.78, 5) is 4.54. The number of hydrogen-bond acceptors (Lipinski definition) is 2. The van der Waals surface area contributed by atoms with Crippen LogP contribution in [0.25, 0.3) is 11.0 Å². The summed E-state index contributed by atoms with van der Waals surface area (Å²) in [5.74, 6) is 3.17. The molecule has 1 heterocycles. The Bertz CT molecular complexity index is 602. The molecule has 0 bridgehead atoms. The maximum absolute atomic E-state index is 13.8. The van der Waals surface area contributed by atoms with Crippen LogP contribution in [0.2, 0.25) is 0 Å². The summed E-state index contributed by atoms with van der Waals surface area (Å²) < 4.78 is 16.5. The summed E-state index contributed by atoms with van der Waals surface area (Å²) in [6.07, 6.45) is 1.03. The van der Waals surface area contributed by atoms with Gasteiger partial charge in [-0.2, -0.15) is 11.8 Å². The van der Waals surface area contributed by atoms with Crippen LogP contribution in [-0.2, 0) is 5.88 Å². The third-order valence-corrected chi connectivity index (χ3v) is 5.25. The Morgan fingerprint density at radius 3 is 2.90 bits per heavy atom. The highest BCUT2D eigenvalue weighted by molar-refractivity contribution is 14.1. The first kappa shape index (κ1) is 16.4. The van der Waals surface area contributed by atoms with Gasteiger partial charge in [0.1, 0.15) is 11.6 Å². The van der Waals surface area contributed by atoms with Crippen LogP contribution in [0.1, 0.15) is 32.1 Å². The molecule has 0 radical (unpaired) electrons. The van der Waals surface area contributed by atoms with Crippen LogP contribution in [0.3, 0.4) is 0 Å². The van der Waals surface area contributed by atoms with Crippen LogP contribution in [0, 0.1) is 9.39 Å². The molecule has 1 aromatic carbocycles. The fraction of sp³-hybridized carbons (Fsp3) is 0.500. The first-order chi connectivity index (χ1) is 9.58. The van der Waals surface area contributed by atoms with Crippen molar-refractivity contribution in [2.45, 2.75) is 32.2 Å². The van der Waals surface area contributed by atoms with E-state index in [1.807, 2.05) is 34.4 Å². The van der Waals surface area contributed by atoms with Gasteiger partial charge in [-0.1, -0.05) is 6.92 Å². The van der Waals surface area contributed by atoms with Crippen molar-refractivity contribution in [1.29, 1.82) is 0 Å². The monoisotopic (exact) mass is 426 g/mol. The molecule has 0 aliphatic heterocycles. The summed E-state index contributed by atoms with van der Waals surface area (Å²) in [6, 6.07) is 3.63. The van der Waals surface area contributed by atoms with Crippen LogP contribution in [0.4, 0.5) is 4.39 Å². The molecule has 1 atom stereocenters. The molecule has 1 unspecified atom stereocenters. The maximum Gasteiger partial charge on any atom is 0.138 e. The molecule has 0 amide bonds. The lowest BCUT2D eigenvalue weighted by Crippen LogP contribution is -2.09. The fourth-order valence-corrected chi connectivity index (χ4v) is 3.69. The number of hydrogen-bond donors (Lipinski definition) is 0. The Morgan fingerprint density at radius 1 is 1.50 bits per heavy atom. The first-order valence-electron chi connectivity index (χ1n) is 6.58. The van der Waals surface area contributed by atoms with Crippen molar-refractivity contribution in [1.82, 2.24) is 9.55 Å². The molecule has 0 saturated carbocycles. The second-order valence-corrected chi connectivity index (χ2v) is 7.44. The van der Waals surface area contributed by atoms with E-state index in [4.69, 9.17) is 11.6 Å². The number of imidazole rings is 1. The predicted molar refractivity (Wildman–Crippen MR) is 94.3 cm³/mol. The molecule has 2 rings (SSSR count). The van der Waals surface area contributed by atoms with E-state index in [0.717, 1.165) is 34.8 Å². The summed E-state index contributed by atoms with van der Waals surface area (Å²) in [5, 5.41) is 0. The molecular weight excluding hydrogens is 410 g/mol. The predicted octanol–water partition coefficient (Wildman–Crippen LogP) is 5.22. The van der Waals surface area contributed by atoms with Gasteiger partial charge in [0.15, 0.2) is 0 Å².